The number of nitrogens with one attached hydrogen (secondary N) is 2. The van der Waals surface area contributed by atoms with Gasteiger partial charge in [0.05, 0.1) is 5.69 Å². The summed E-state index contributed by atoms with van der Waals surface area (Å²) in [6, 6.07) is 8.68. The van der Waals surface area contributed by atoms with Gasteiger partial charge in [-0.15, -0.1) is 0 Å². The molecule has 0 aliphatic rings. The second kappa shape index (κ2) is 6.56. The number of rotatable bonds is 3. The summed E-state index contributed by atoms with van der Waals surface area (Å²) in [5.74, 6) is 0.278. The van der Waals surface area contributed by atoms with E-state index in [0.717, 1.165) is 8.95 Å². The number of carbonyl (C=O) groups excluding carboxylic acids is 1. The van der Waals surface area contributed by atoms with Crippen molar-refractivity contribution in [2.45, 2.75) is 0 Å². The lowest BCUT2D eigenvalue weighted by Crippen LogP contribution is -2.13. The highest BCUT2D eigenvalue weighted by Gasteiger charge is 2.11. The van der Waals surface area contributed by atoms with Crippen molar-refractivity contribution in [3.8, 4) is 0 Å². The SMILES string of the molecule is CNc1cc(C(=O)Nc2cc(Br)ccc2Br)cc(Cl)n1. The van der Waals surface area contributed by atoms with Crippen molar-refractivity contribution < 1.29 is 4.79 Å². The van der Waals surface area contributed by atoms with E-state index in [1.54, 1.807) is 13.1 Å². The van der Waals surface area contributed by atoms with Gasteiger partial charge in [0.1, 0.15) is 11.0 Å². The molecule has 0 aliphatic carbocycles. The quantitative estimate of drug-likeness (QED) is 0.718. The number of hydrogen-bond acceptors (Lipinski definition) is 3. The average molecular weight is 420 g/mol. The zero-order valence-electron chi connectivity index (χ0n) is 10.4. The molecular weight excluding hydrogens is 409 g/mol. The van der Waals surface area contributed by atoms with Gasteiger partial charge < -0.3 is 10.6 Å². The van der Waals surface area contributed by atoms with Gasteiger partial charge in [-0.3, -0.25) is 4.79 Å². The molecule has 0 spiro atoms. The lowest BCUT2D eigenvalue weighted by Gasteiger charge is -2.09. The molecule has 0 unspecified atom stereocenters. The Bertz CT molecular complexity index is 664. The fourth-order valence-electron chi connectivity index (χ4n) is 1.54. The molecule has 104 valence electrons. The minimum absolute atomic E-state index is 0.260. The molecule has 0 saturated carbocycles. The van der Waals surface area contributed by atoms with Crippen LogP contribution in [0.1, 0.15) is 10.4 Å². The topological polar surface area (TPSA) is 54.0 Å². The first kappa shape index (κ1) is 15.3. The van der Waals surface area contributed by atoms with E-state index in [4.69, 9.17) is 11.6 Å². The number of halogens is 3. The van der Waals surface area contributed by atoms with Gasteiger partial charge in [-0.1, -0.05) is 27.5 Å². The Labute approximate surface area is 138 Å². The highest BCUT2D eigenvalue weighted by molar-refractivity contribution is 9.11. The number of amides is 1. The predicted octanol–water partition coefficient (Wildman–Crippen LogP) is 4.55. The second-order valence-corrected chi connectivity index (χ2v) is 6.05. The maximum Gasteiger partial charge on any atom is 0.255 e. The van der Waals surface area contributed by atoms with Crippen LogP contribution in [0.3, 0.4) is 0 Å². The third kappa shape index (κ3) is 3.71. The van der Waals surface area contributed by atoms with Crippen LogP contribution in [-0.2, 0) is 0 Å². The van der Waals surface area contributed by atoms with E-state index < -0.39 is 0 Å². The summed E-state index contributed by atoms with van der Waals surface area (Å²) in [7, 11) is 1.71. The number of anilines is 2. The predicted molar refractivity (Wildman–Crippen MR) is 88.6 cm³/mol. The smallest absolute Gasteiger partial charge is 0.255 e. The van der Waals surface area contributed by atoms with Crippen molar-refractivity contribution in [1.82, 2.24) is 4.98 Å². The maximum absolute atomic E-state index is 12.2. The van der Waals surface area contributed by atoms with Gasteiger partial charge in [0.25, 0.3) is 5.91 Å². The molecule has 2 rings (SSSR count). The Morgan fingerprint density at radius 1 is 1.25 bits per heavy atom. The first-order chi connectivity index (χ1) is 9.49. The van der Waals surface area contributed by atoms with Crippen molar-refractivity contribution in [1.29, 1.82) is 0 Å². The fourth-order valence-corrected chi connectivity index (χ4v) is 2.46. The average Bonchev–Trinajstić information content (AvgIpc) is 2.42. The summed E-state index contributed by atoms with van der Waals surface area (Å²) in [6.07, 6.45) is 0. The monoisotopic (exact) mass is 417 g/mol. The van der Waals surface area contributed by atoms with E-state index in [9.17, 15) is 4.79 Å². The van der Waals surface area contributed by atoms with Gasteiger partial charge in [0, 0.05) is 21.6 Å². The van der Waals surface area contributed by atoms with E-state index in [1.165, 1.54) is 6.07 Å². The molecule has 0 fully saturated rings. The largest absolute Gasteiger partial charge is 0.373 e. The highest BCUT2D eigenvalue weighted by Crippen LogP contribution is 2.27. The van der Waals surface area contributed by atoms with Crippen LogP contribution in [0.5, 0.6) is 0 Å². The number of benzene rings is 1. The number of pyridine rings is 1. The molecule has 1 aromatic heterocycles. The van der Waals surface area contributed by atoms with Gasteiger partial charge in [-0.05, 0) is 46.3 Å². The molecule has 1 amide bonds. The van der Waals surface area contributed by atoms with Gasteiger partial charge in [0.15, 0.2) is 0 Å². The molecule has 1 heterocycles. The summed E-state index contributed by atoms with van der Waals surface area (Å²) in [6.45, 7) is 0. The Balaban J connectivity index is 2.28. The molecule has 0 radical (unpaired) electrons. The minimum atomic E-state index is -0.260. The lowest BCUT2D eigenvalue weighted by atomic mass is 10.2. The number of carbonyl (C=O) groups is 1. The minimum Gasteiger partial charge on any atom is -0.373 e. The van der Waals surface area contributed by atoms with E-state index in [-0.39, 0.29) is 11.1 Å². The van der Waals surface area contributed by atoms with E-state index in [1.807, 2.05) is 18.2 Å². The van der Waals surface area contributed by atoms with E-state index in [2.05, 4.69) is 47.5 Å². The van der Waals surface area contributed by atoms with Crippen LogP contribution in [-0.4, -0.2) is 17.9 Å². The Morgan fingerprint density at radius 2 is 2.00 bits per heavy atom. The first-order valence-corrected chi connectivity index (χ1v) is 7.57. The van der Waals surface area contributed by atoms with Crippen LogP contribution in [0.25, 0.3) is 0 Å². The Hall–Kier alpha value is -1.11. The van der Waals surface area contributed by atoms with Gasteiger partial charge in [-0.25, -0.2) is 4.98 Å². The first-order valence-electron chi connectivity index (χ1n) is 5.61. The number of nitrogens with zero attached hydrogens (tertiary/aromatic N) is 1. The lowest BCUT2D eigenvalue weighted by molar-refractivity contribution is 0.102. The van der Waals surface area contributed by atoms with Crippen molar-refractivity contribution in [3.05, 3.63) is 50.0 Å². The van der Waals surface area contributed by atoms with Crippen LogP contribution in [0, 0.1) is 0 Å². The molecular formula is C13H10Br2ClN3O. The van der Waals surface area contributed by atoms with E-state index >= 15 is 0 Å². The molecule has 20 heavy (non-hydrogen) atoms. The second-order valence-electron chi connectivity index (χ2n) is 3.89. The Kier molecular flexibility index (Phi) is 5.01. The zero-order chi connectivity index (χ0) is 14.7. The van der Waals surface area contributed by atoms with Crippen LogP contribution in [0.4, 0.5) is 11.5 Å². The molecule has 0 saturated heterocycles. The summed E-state index contributed by atoms with van der Waals surface area (Å²) < 4.78 is 1.67. The van der Waals surface area contributed by atoms with Crippen LogP contribution < -0.4 is 10.6 Å². The zero-order valence-corrected chi connectivity index (χ0v) is 14.3. The van der Waals surface area contributed by atoms with Crippen molar-refractivity contribution >= 4 is 60.9 Å². The molecule has 2 N–H and O–H groups in total. The number of aromatic nitrogens is 1. The van der Waals surface area contributed by atoms with Crippen molar-refractivity contribution in [2.24, 2.45) is 0 Å². The van der Waals surface area contributed by atoms with Gasteiger partial charge in [-0.2, -0.15) is 0 Å². The van der Waals surface area contributed by atoms with Gasteiger partial charge in [0.2, 0.25) is 0 Å². The van der Waals surface area contributed by atoms with Crippen molar-refractivity contribution in [2.75, 3.05) is 17.7 Å². The van der Waals surface area contributed by atoms with Crippen LogP contribution >= 0.6 is 43.5 Å². The summed E-state index contributed by atoms with van der Waals surface area (Å²) in [5, 5.41) is 5.93. The third-order valence-corrected chi connectivity index (χ3v) is 3.87. The standard InChI is InChI=1S/C13H10Br2ClN3O/c1-17-12-5-7(4-11(16)19-12)13(20)18-10-6-8(14)2-3-9(10)15/h2-6H,1H3,(H,17,19)(H,18,20). The maximum atomic E-state index is 12.2. The van der Waals surface area contributed by atoms with Gasteiger partial charge >= 0.3 is 0 Å². The summed E-state index contributed by atoms with van der Waals surface area (Å²) in [4.78, 5) is 16.3. The van der Waals surface area contributed by atoms with Crippen LogP contribution in [0.15, 0.2) is 39.3 Å². The number of hydrogen-bond donors (Lipinski definition) is 2. The van der Waals surface area contributed by atoms with Crippen LogP contribution in [0.2, 0.25) is 5.15 Å². The molecule has 7 heteroatoms. The molecule has 2 aromatic rings. The molecule has 0 bridgehead atoms. The molecule has 0 atom stereocenters. The van der Waals surface area contributed by atoms with E-state index in [0.29, 0.717) is 17.1 Å². The highest BCUT2D eigenvalue weighted by atomic mass is 79.9. The molecule has 4 nitrogen and oxygen atoms in total. The third-order valence-electron chi connectivity index (χ3n) is 2.49. The summed E-state index contributed by atoms with van der Waals surface area (Å²) >= 11 is 12.6. The Morgan fingerprint density at radius 3 is 2.70 bits per heavy atom. The normalized spacial score (nSPS) is 10.2. The molecule has 0 aliphatic heterocycles. The molecule has 1 aromatic carbocycles. The van der Waals surface area contributed by atoms with Crippen molar-refractivity contribution in [3.63, 3.8) is 0 Å². The summed E-state index contributed by atoms with van der Waals surface area (Å²) in [5.41, 5.74) is 1.10. The fraction of sp³-hybridized carbons (Fsp3) is 0.0769.